The second-order valence-corrected chi connectivity index (χ2v) is 7.75. The molecule has 4 aromatic rings. The van der Waals surface area contributed by atoms with Gasteiger partial charge < -0.3 is 14.7 Å². The number of phenols is 1. The van der Waals surface area contributed by atoms with E-state index >= 15 is 0 Å². The molecule has 0 aliphatic heterocycles. The molecule has 0 spiro atoms. The van der Waals surface area contributed by atoms with Gasteiger partial charge in [-0.2, -0.15) is 5.10 Å². The van der Waals surface area contributed by atoms with Crippen molar-refractivity contribution in [1.29, 1.82) is 0 Å². The van der Waals surface area contributed by atoms with Crippen LogP contribution in [0.2, 0.25) is 0 Å². The minimum absolute atomic E-state index is 0. The zero-order valence-electron chi connectivity index (χ0n) is 18.4. The van der Waals surface area contributed by atoms with E-state index in [-0.39, 0.29) is 18.2 Å². The largest absolute Gasteiger partial charge is 0.508 e. The highest BCUT2D eigenvalue weighted by atomic mass is 35.5. The van der Waals surface area contributed by atoms with E-state index in [1.165, 1.54) is 5.56 Å². The lowest BCUT2D eigenvalue weighted by atomic mass is 10.1. The number of methoxy groups -OCH3 is 1. The molecule has 1 heterocycles. The summed E-state index contributed by atoms with van der Waals surface area (Å²) in [6.07, 6.45) is 0. The molecule has 7 heteroatoms. The van der Waals surface area contributed by atoms with Crippen LogP contribution in [-0.2, 0) is 13.1 Å². The number of nitrogens with zero attached hydrogens (tertiary/aromatic N) is 4. The molecule has 6 nitrogen and oxygen atoms in total. The van der Waals surface area contributed by atoms with Crippen LogP contribution in [0.25, 0.3) is 22.8 Å². The minimum Gasteiger partial charge on any atom is -0.508 e. The Hall–Kier alpha value is -3.35. The van der Waals surface area contributed by atoms with E-state index in [1.807, 2.05) is 53.2 Å². The number of ether oxygens (including phenoxy) is 1. The summed E-state index contributed by atoms with van der Waals surface area (Å²) in [6, 6.07) is 23.3. The molecule has 0 aliphatic carbocycles. The second kappa shape index (κ2) is 10.3. The third-order valence-corrected chi connectivity index (χ3v) is 4.97. The number of hydrogen-bond acceptors (Lipinski definition) is 5. The Morgan fingerprint density at radius 2 is 1.62 bits per heavy atom. The third-order valence-electron chi connectivity index (χ3n) is 4.97. The van der Waals surface area contributed by atoms with E-state index in [2.05, 4.69) is 31.1 Å². The van der Waals surface area contributed by atoms with Crippen LogP contribution in [0.5, 0.6) is 11.5 Å². The van der Waals surface area contributed by atoms with Crippen LogP contribution in [0, 0.1) is 0 Å². The Morgan fingerprint density at radius 3 is 2.28 bits per heavy atom. The predicted molar refractivity (Wildman–Crippen MR) is 129 cm³/mol. The molecule has 0 aliphatic rings. The van der Waals surface area contributed by atoms with Crippen molar-refractivity contribution in [2.45, 2.75) is 13.1 Å². The summed E-state index contributed by atoms with van der Waals surface area (Å²) < 4.78 is 7.20. The summed E-state index contributed by atoms with van der Waals surface area (Å²) >= 11 is 0. The van der Waals surface area contributed by atoms with E-state index in [9.17, 15) is 5.11 Å². The maximum Gasteiger partial charge on any atom is 0.181 e. The number of phenolic OH excluding ortho intramolecular Hbond substituents is 1. The summed E-state index contributed by atoms with van der Waals surface area (Å²) in [7, 11) is 5.76. The van der Waals surface area contributed by atoms with Crippen molar-refractivity contribution in [2.75, 3.05) is 21.2 Å². The van der Waals surface area contributed by atoms with Gasteiger partial charge in [0.1, 0.15) is 11.5 Å². The minimum atomic E-state index is 0. The fourth-order valence-electron chi connectivity index (χ4n) is 3.48. The van der Waals surface area contributed by atoms with Gasteiger partial charge in [0.05, 0.1) is 13.7 Å². The summed E-state index contributed by atoms with van der Waals surface area (Å²) in [5, 5.41) is 14.4. The number of aromatic hydroxyl groups is 1. The molecule has 0 bridgehead atoms. The third kappa shape index (κ3) is 5.46. The predicted octanol–water partition coefficient (Wildman–Crippen LogP) is 4.86. The fourth-order valence-corrected chi connectivity index (χ4v) is 3.48. The Labute approximate surface area is 194 Å². The molecule has 0 atom stereocenters. The van der Waals surface area contributed by atoms with Gasteiger partial charge in [-0.3, -0.25) is 0 Å². The van der Waals surface area contributed by atoms with Crippen LogP contribution < -0.4 is 4.74 Å². The summed E-state index contributed by atoms with van der Waals surface area (Å²) in [4.78, 5) is 7.03. The molecule has 1 aromatic heterocycles. The van der Waals surface area contributed by atoms with Crippen LogP contribution in [0.3, 0.4) is 0 Å². The van der Waals surface area contributed by atoms with Crippen molar-refractivity contribution in [2.24, 2.45) is 0 Å². The molecule has 0 saturated heterocycles. The van der Waals surface area contributed by atoms with Gasteiger partial charge in [-0.25, -0.2) is 9.67 Å². The zero-order chi connectivity index (χ0) is 21.8. The van der Waals surface area contributed by atoms with E-state index in [1.54, 1.807) is 19.2 Å². The number of halogens is 1. The Kier molecular flexibility index (Phi) is 7.51. The van der Waals surface area contributed by atoms with Crippen LogP contribution in [0.4, 0.5) is 0 Å². The maximum absolute atomic E-state index is 9.60. The fraction of sp³-hybridized carbons (Fsp3) is 0.200. The average Bonchev–Trinajstić information content (AvgIpc) is 3.19. The number of benzene rings is 3. The summed E-state index contributed by atoms with van der Waals surface area (Å²) in [5.74, 6) is 2.51. The molecule has 0 fully saturated rings. The average molecular weight is 451 g/mol. The molecular formula is C25H27ClN4O2. The van der Waals surface area contributed by atoms with Crippen molar-refractivity contribution in [3.8, 4) is 34.3 Å². The molecule has 4 rings (SSSR count). The van der Waals surface area contributed by atoms with Crippen molar-refractivity contribution in [3.05, 3.63) is 83.9 Å². The van der Waals surface area contributed by atoms with Gasteiger partial charge in [-0.1, -0.05) is 30.3 Å². The van der Waals surface area contributed by atoms with Gasteiger partial charge in [0.2, 0.25) is 0 Å². The number of rotatable bonds is 7. The van der Waals surface area contributed by atoms with Crippen LogP contribution in [0.15, 0.2) is 72.8 Å². The highest BCUT2D eigenvalue weighted by Gasteiger charge is 2.15. The first-order chi connectivity index (χ1) is 15.0. The summed E-state index contributed by atoms with van der Waals surface area (Å²) in [6.45, 7) is 1.40. The zero-order valence-corrected chi connectivity index (χ0v) is 19.2. The smallest absolute Gasteiger partial charge is 0.181 e. The van der Waals surface area contributed by atoms with Crippen LogP contribution >= 0.6 is 12.4 Å². The van der Waals surface area contributed by atoms with Crippen LogP contribution in [0.1, 0.15) is 11.1 Å². The lowest BCUT2D eigenvalue weighted by Crippen LogP contribution is -2.10. The normalized spacial score (nSPS) is 10.8. The standard InChI is InChI=1S/C25H26N4O2.ClH/c1-28(2)16-19-5-4-6-21(15-19)24-26-25(20-9-13-23(31-3)14-10-20)29(27-24)17-18-7-11-22(30)12-8-18;/h4-15,30H,16-17H2,1-3H3;1H. The monoisotopic (exact) mass is 450 g/mol. The Bertz CT molecular complexity index is 1160. The lowest BCUT2D eigenvalue weighted by molar-refractivity contribution is 0.402. The van der Waals surface area contributed by atoms with Gasteiger partial charge in [0, 0.05) is 17.7 Å². The first kappa shape index (κ1) is 23.3. The quantitative estimate of drug-likeness (QED) is 0.435. The van der Waals surface area contributed by atoms with Gasteiger partial charge in [0.25, 0.3) is 0 Å². The molecule has 0 amide bonds. The highest BCUT2D eigenvalue weighted by molar-refractivity contribution is 5.85. The molecule has 166 valence electrons. The van der Waals surface area contributed by atoms with Gasteiger partial charge in [0.15, 0.2) is 11.6 Å². The summed E-state index contributed by atoms with van der Waals surface area (Å²) in [5.41, 5.74) is 4.19. The topological polar surface area (TPSA) is 63.4 Å². The van der Waals surface area contributed by atoms with E-state index in [0.717, 1.165) is 34.8 Å². The van der Waals surface area contributed by atoms with Crippen molar-refractivity contribution < 1.29 is 9.84 Å². The van der Waals surface area contributed by atoms with Crippen molar-refractivity contribution in [3.63, 3.8) is 0 Å². The van der Waals surface area contributed by atoms with E-state index in [4.69, 9.17) is 14.8 Å². The van der Waals surface area contributed by atoms with Crippen molar-refractivity contribution >= 4 is 12.4 Å². The molecule has 0 saturated carbocycles. The Morgan fingerprint density at radius 1 is 0.906 bits per heavy atom. The number of aromatic nitrogens is 3. The number of hydrogen-bond donors (Lipinski definition) is 1. The van der Waals surface area contributed by atoms with E-state index < -0.39 is 0 Å². The molecule has 32 heavy (non-hydrogen) atoms. The molecule has 0 radical (unpaired) electrons. The molecule has 1 N–H and O–H groups in total. The van der Waals surface area contributed by atoms with Gasteiger partial charge >= 0.3 is 0 Å². The van der Waals surface area contributed by atoms with Gasteiger partial charge in [-0.15, -0.1) is 12.4 Å². The SMILES string of the molecule is COc1ccc(-c2nc(-c3cccc(CN(C)C)c3)nn2Cc2ccc(O)cc2)cc1.Cl. The second-order valence-electron chi connectivity index (χ2n) is 7.75. The lowest BCUT2D eigenvalue weighted by Gasteiger charge is -2.09. The van der Waals surface area contributed by atoms with Gasteiger partial charge in [-0.05, 0) is 67.7 Å². The van der Waals surface area contributed by atoms with E-state index in [0.29, 0.717) is 12.4 Å². The molecule has 0 unspecified atom stereocenters. The molecule has 3 aromatic carbocycles. The first-order valence-corrected chi connectivity index (χ1v) is 10.1. The van der Waals surface area contributed by atoms with Crippen molar-refractivity contribution in [1.82, 2.24) is 19.7 Å². The first-order valence-electron chi connectivity index (χ1n) is 10.1. The maximum atomic E-state index is 9.60. The highest BCUT2D eigenvalue weighted by Crippen LogP contribution is 2.26. The van der Waals surface area contributed by atoms with Crippen LogP contribution in [-0.4, -0.2) is 46.0 Å². The Balaban J connectivity index is 0.00000289. The molecular weight excluding hydrogens is 424 g/mol.